The zero-order chi connectivity index (χ0) is 12.5. The molecule has 1 aliphatic heterocycles. The Labute approximate surface area is 108 Å². The van der Waals surface area contributed by atoms with Gasteiger partial charge < -0.3 is 15.5 Å². The van der Waals surface area contributed by atoms with Gasteiger partial charge in [-0.05, 0) is 11.4 Å². The third kappa shape index (κ3) is 1.86. The Morgan fingerprint density at radius 2 is 2.39 bits per heavy atom. The van der Waals surface area contributed by atoms with Crippen LogP contribution in [0.1, 0.15) is 0 Å². The van der Waals surface area contributed by atoms with Gasteiger partial charge in [0, 0.05) is 20.1 Å². The average molecular weight is 263 g/mol. The molecule has 1 amide bonds. The van der Waals surface area contributed by atoms with E-state index in [0.29, 0.717) is 19.0 Å². The van der Waals surface area contributed by atoms with E-state index in [0.717, 1.165) is 22.6 Å². The highest BCUT2D eigenvalue weighted by Crippen LogP contribution is 2.29. The van der Waals surface area contributed by atoms with Crippen molar-refractivity contribution in [1.29, 1.82) is 0 Å². The standard InChI is InChI=1S/C11H13N5OS/c1-12-11-14-9(7-2-5-18-10(7)15-11)16-4-3-13-8(17)6-16/h2,5H,3-4,6H2,1H3,(H,13,17)(H,12,14,15). The lowest BCUT2D eigenvalue weighted by atomic mass is 10.3. The molecule has 0 bridgehead atoms. The van der Waals surface area contributed by atoms with Crippen molar-refractivity contribution >= 4 is 39.2 Å². The van der Waals surface area contributed by atoms with Crippen LogP contribution in [0.3, 0.4) is 0 Å². The minimum absolute atomic E-state index is 0.0363. The van der Waals surface area contributed by atoms with Gasteiger partial charge in [0.05, 0.1) is 11.9 Å². The van der Waals surface area contributed by atoms with Crippen LogP contribution in [0.15, 0.2) is 11.4 Å². The number of carbonyl (C=O) groups is 1. The van der Waals surface area contributed by atoms with Crippen molar-refractivity contribution in [3.8, 4) is 0 Å². The number of rotatable bonds is 2. The van der Waals surface area contributed by atoms with Crippen LogP contribution in [-0.2, 0) is 4.79 Å². The number of nitrogens with zero attached hydrogens (tertiary/aromatic N) is 3. The topological polar surface area (TPSA) is 70.2 Å². The highest BCUT2D eigenvalue weighted by atomic mass is 32.1. The molecule has 2 aromatic rings. The summed E-state index contributed by atoms with van der Waals surface area (Å²) >= 11 is 1.58. The quantitative estimate of drug-likeness (QED) is 0.833. The maximum absolute atomic E-state index is 11.5. The van der Waals surface area contributed by atoms with Gasteiger partial charge in [-0.15, -0.1) is 11.3 Å². The van der Waals surface area contributed by atoms with Gasteiger partial charge in [-0.1, -0.05) is 0 Å². The average Bonchev–Trinajstić information content (AvgIpc) is 2.85. The number of piperazine rings is 1. The molecule has 6 nitrogen and oxygen atoms in total. The van der Waals surface area contributed by atoms with E-state index in [-0.39, 0.29) is 5.91 Å². The van der Waals surface area contributed by atoms with E-state index in [1.807, 2.05) is 16.3 Å². The van der Waals surface area contributed by atoms with Crippen molar-refractivity contribution in [3.05, 3.63) is 11.4 Å². The molecule has 0 spiro atoms. The second-order valence-corrected chi connectivity index (χ2v) is 4.93. The van der Waals surface area contributed by atoms with E-state index >= 15 is 0 Å². The predicted octanol–water partition coefficient (Wildman–Crippen LogP) is 0.669. The molecule has 1 fully saturated rings. The molecule has 94 valence electrons. The van der Waals surface area contributed by atoms with Gasteiger partial charge in [-0.2, -0.15) is 4.98 Å². The van der Waals surface area contributed by atoms with E-state index in [9.17, 15) is 4.79 Å². The van der Waals surface area contributed by atoms with E-state index in [1.165, 1.54) is 0 Å². The van der Waals surface area contributed by atoms with E-state index < -0.39 is 0 Å². The third-order valence-corrected chi connectivity index (χ3v) is 3.67. The minimum Gasteiger partial charge on any atom is -0.357 e. The zero-order valence-electron chi connectivity index (χ0n) is 9.93. The van der Waals surface area contributed by atoms with E-state index in [4.69, 9.17) is 0 Å². The molecule has 1 aliphatic rings. The molecule has 3 rings (SSSR count). The van der Waals surface area contributed by atoms with Crippen molar-refractivity contribution in [2.24, 2.45) is 0 Å². The van der Waals surface area contributed by atoms with Crippen LogP contribution in [0, 0.1) is 0 Å². The summed E-state index contributed by atoms with van der Waals surface area (Å²) in [6.45, 7) is 1.78. The number of anilines is 2. The van der Waals surface area contributed by atoms with Crippen molar-refractivity contribution in [1.82, 2.24) is 15.3 Å². The maximum atomic E-state index is 11.5. The summed E-state index contributed by atoms with van der Waals surface area (Å²) < 4.78 is 0. The van der Waals surface area contributed by atoms with Crippen LogP contribution in [0.4, 0.5) is 11.8 Å². The Bertz CT molecular complexity index is 596. The van der Waals surface area contributed by atoms with E-state index in [2.05, 4.69) is 20.6 Å². The summed E-state index contributed by atoms with van der Waals surface area (Å²) in [5, 5.41) is 8.77. The number of carbonyl (C=O) groups excluding carboxylic acids is 1. The van der Waals surface area contributed by atoms with Crippen LogP contribution >= 0.6 is 11.3 Å². The molecular formula is C11H13N5OS. The van der Waals surface area contributed by atoms with Gasteiger partial charge >= 0.3 is 0 Å². The summed E-state index contributed by atoms with van der Waals surface area (Å²) in [4.78, 5) is 23.3. The normalized spacial score (nSPS) is 15.8. The second kappa shape index (κ2) is 4.41. The molecule has 1 saturated heterocycles. The molecule has 2 N–H and O–H groups in total. The maximum Gasteiger partial charge on any atom is 0.239 e. The van der Waals surface area contributed by atoms with Gasteiger partial charge in [0.25, 0.3) is 0 Å². The summed E-state index contributed by atoms with van der Waals surface area (Å²) in [6, 6.07) is 2.00. The molecule has 0 atom stereocenters. The summed E-state index contributed by atoms with van der Waals surface area (Å²) in [7, 11) is 1.79. The fourth-order valence-electron chi connectivity index (χ4n) is 2.01. The number of aromatic nitrogens is 2. The Morgan fingerprint density at radius 1 is 1.50 bits per heavy atom. The number of thiophene rings is 1. The molecule has 2 aromatic heterocycles. The Balaban J connectivity index is 2.08. The van der Waals surface area contributed by atoms with Crippen LogP contribution < -0.4 is 15.5 Å². The van der Waals surface area contributed by atoms with Crippen molar-refractivity contribution in [2.45, 2.75) is 0 Å². The van der Waals surface area contributed by atoms with Gasteiger partial charge in [0.1, 0.15) is 10.6 Å². The summed E-state index contributed by atoms with van der Waals surface area (Å²) in [5.74, 6) is 1.46. The van der Waals surface area contributed by atoms with Crippen LogP contribution in [0.5, 0.6) is 0 Å². The zero-order valence-corrected chi connectivity index (χ0v) is 10.8. The number of amides is 1. The van der Waals surface area contributed by atoms with Gasteiger partial charge in [0.2, 0.25) is 11.9 Å². The lowest BCUT2D eigenvalue weighted by molar-refractivity contribution is -0.120. The first-order valence-electron chi connectivity index (χ1n) is 5.72. The van der Waals surface area contributed by atoms with Gasteiger partial charge in [-0.25, -0.2) is 4.98 Å². The molecule has 0 saturated carbocycles. The smallest absolute Gasteiger partial charge is 0.239 e. The van der Waals surface area contributed by atoms with Crippen molar-refractivity contribution in [3.63, 3.8) is 0 Å². The lowest BCUT2D eigenvalue weighted by Crippen LogP contribution is -2.48. The van der Waals surface area contributed by atoms with Gasteiger partial charge in [0.15, 0.2) is 0 Å². The first-order valence-corrected chi connectivity index (χ1v) is 6.60. The second-order valence-electron chi connectivity index (χ2n) is 4.03. The van der Waals surface area contributed by atoms with Gasteiger partial charge in [-0.3, -0.25) is 4.79 Å². The fourth-order valence-corrected chi connectivity index (χ4v) is 2.77. The highest BCUT2D eigenvalue weighted by molar-refractivity contribution is 7.16. The third-order valence-electron chi connectivity index (χ3n) is 2.87. The lowest BCUT2D eigenvalue weighted by Gasteiger charge is -2.28. The first kappa shape index (κ1) is 11.2. The summed E-state index contributed by atoms with van der Waals surface area (Å²) in [5.41, 5.74) is 0. The van der Waals surface area contributed by atoms with Crippen molar-refractivity contribution < 1.29 is 4.79 Å². The molecule has 0 aliphatic carbocycles. The molecule has 0 unspecified atom stereocenters. The number of hydrogen-bond donors (Lipinski definition) is 2. The Kier molecular flexibility index (Phi) is 2.75. The van der Waals surface area contributed by atoms with E-state index in [1.54, 1.807) is 18.4 Å². The first-order chi connectivity index (χ1) is 8.78. The molecule has 0 aromatic carbocycles. The molecule has 18 heavy (non-hydrogen) atoms. The Morgan fingerprint density at radius 3 is 3.17 bits per heavy atom. The molecule has 7 heteroatoms. The fraction of sp³-hybridized carbons (Fsp3) is 0.364. The number of nitrogens with one attached hydrogen (secondary N) is 2. The molecule has 0 radical (unpaired) electrons. The highest BCUT2D eigenvalue weighted by Gasteiger charge is 2.20. The SMILES string of the molecule is CNc1nc(N2CCNC(=O)C2)c2ccsc2n1. The van der Waals surface area contributed by atoms with Crippen molar-refractivity contribution in [2.75, 3.05) is 36.9 Å². The largest absolute Gasteiger partial charge is 0.357 e. The minimum atomic E-state index is 0.0363. The van der Waals surface area contributed by atoms with Crippen LogP contribution in [0.2, 0.25) is 0 Å². The Hall–Kier alpha value is -1.89. The molecular weight excluding hydrogens is 250 g/mol. The summed E-state index contributed by atoms with van der Waals surface area (Å²) in [6.07, 6.45) is 0. The van der Waals surface area contributed by atoms with Crippen LogP contribution in [-0.4, -0.2) is 42.6 Å². The number of fused-ring (bicyclic) bond motifs is 1. The monoisotopic (exact) mass is 263 g/mol. The number of hydrogen-bond acceptors (Lipinski definition) is 6. The molecule has 3 heterocycles. The predicted molar refractivity (Wildman–Crippen MR) is 72.2 cm³/mol. The van der Waals surface area contributed by atoms with Crippen LogP contribution in [0.25, 0.3) is 10.2 Å².